The second-order valence-corrected chi connectivity index (χ2v) is 17.8. The van der Waals surface area contributed by atoms with E-state index in [4.69, 9.17) is 14.5 Å². The molecule has 3 radical (unpaired) electrons. The van der Waals surface area contributed by atoms with Crippen molar-refractivity contribution in [2.24, 2.45) is 0 Å². The molecule has 4 heterocycles. The Bertz CT molecular complexity index is 2560. The predicted octanol–water partition coefficient (Wildman–Crippen LogP) is 1.63. The number of aryl methyl sites for hydroxylation is 1. The molecule has 18 nitrogen and oxygen atoms in total. The van der Waals surface area contributed by atoms with Gasteiger partial charge in [0, 0.05) is 42.7 Å². The Morgan fingerprint density at radius 1 is 1.06 bits per heavy atom. The van der Waals surface area contributed by atoms with E-state index in [0.29, 0.717) is 101 Å². The zero-order valence-corrected chi connectivity index (χ0v) is 41.5. The van der Waals surface area contributed by atoms with E-state index in [9.17, 15) is 38.4 Å². The van der Waals surface area contributed by atoms with Crippen molar-refractivity contribution in [3.05, 3.63) is 85.6 Å². The Hall–Kier alpha value is -5.68. The number of amides is 6. The Labute approximate surface area is 396 Å². The van der Waals surface area contributed by atoms with Crippen LogP contribution in [-0.2, 0) is 62.6 Å². The number of aldehydes is 1. The SMILES string of the molecule is CC/C=C(\CCNC(=O)CN1C(=O)C=CC1=O)NC([CH2][Pb])C(=O)NCC(=O)NCOCC(=O)N(C)C1CCc2c(C)c(F)cc3nc4c(c1c23)Cn1c-4cc(C(C=O)CC)c(COC)c1=O. The second-order valence-electron chi connectivity index (χ2n) is 16.3. The standard InChI is InChI=1S/C46H54FN8O10.Pb/c1-7-9-28(14-15-48-38(58)20-55-39(59)12-13-40(55)60)51-26(4)45(62)49-18-37(57)50-24-65-23-41(61)53(5)35-11-10-29-25(3)33(47)17-34-42(29)43(35)31-19-54-36(44(31)52-34)16-30(27(8-2)21-56)32(22-64-6)46(54)63;/h9,12-13,16-17,21,26-27,35,51H,4,7-8,10-11,14-15,18-20,22-24H2,1-3,5-6H3,(H,48,58)(H,49,62)(H,50,57);/b28-9+;. The molecule has 0 saturated heterocycles. The summed E-state index contributed by atoms with van der Waals surface area (Å²) in [7, 11) is 3.14. The molecule has 4 N–H and O–H groups in total. The normalized spacial score (nSPS) is 15.9. The molecule has 20 heteroatoms. The van der Waals surface area contributed by atoms with Crippen molar-refractivity contribution in [1.82, 2.24) is 40.6 Å². The van der Waals surface area contributed by atoms with E-state index in [2.05, 4.69) is 21.3 Å². The van der Waals surface area contributed by atoms with Crippen molar-refractivity contribution in [3.8, 4) is 11.4 Å². The number of allylic oxidation sites excluding steroid dienone is 1. The number of methoxy groups -OCH3 is 1. The average molecular weight is 1110 g/mol. The van der Waals surface area contributed by atoms with Gasteiger partial charge in [0.25, 0.3) is 5.56 Å². The summed E-state index contributed by atoms with van der Waals surface area (Å²) in [6.07, 6.45) is 7.33. The molecule has 3 aliphatic rings. The van der Waals surface area contributed by atoms with Gasteiger partial charge in [-0.3, -0.25) is 4.79 Å². The minimum absolute atomic E-state index is 0.0129. The van der Waals surface area contributed by atoms with Gasteiger partial charge in [-0.2, -0.15) is 0 Å². The zero-order valence-electron chi connectivity index (χ0n) is 37.6. The number of nitrogens with zero attached hydrogens (tertiary/aromatic N) is 4. The number of imide groups is 1. The number of carbonyl (C=O) groups is 7. The van der Waals surface area contributed by atoms with Gasteiger partial charge in [-0.15, -0.1) is 0 Å². The molecule has 349 valence electrons. The second kappa shape index (κ2) is 22.2. The molecule has 66 heavy (non-hydrogen) atoms. The van der Waals surface area contributed by atoms with Gasteiger partial charge in [0.2, 0.25) is 0 Å². The zero-order chi connectivity index (χ0) is 47.8. The molecule has 1 aromatic carbocycles. The fraction of sp³-hybridized carbons (Fsp3) is 0.457. The summed E-state index contributed by atoms with van der Waals surface area (Å²) in [6.45, 7) is 4.44. The van der Waals surface area contributed by atoms with E-state index >= 15 is 4.39 Å². The summed E-state index contributed by atoms with van der Waals surface area (Å²) in [5.41, 5.74) is 5.54. The maximum atomic E-state index is 15.4. The third kappa shape index (κ3) is 10.6. The third-order valence-corrected chi connectivity index (χ3v) is 13.7. The number of ether oxygens (including phenoxy) is 2. The monoisotopic (exact) mass is 1110 g/mol. The molecule has 0 spiro atoms. The van der Waals surface area contributed by atoms with Crippen molar-refractivity contribution in [2.45, 2.75) is 88.0 Å². The number of likely N-dealkylation sites (N-methyl/N-ethyl adjacent to an activating group) is 1. The molecule has 1 aliphatic carbocycles. The van der Waals surface area contributed by atoms with Crippen molar-refractivity contribution in [3.63, 3.8) is 0 Å². The van der Waals surface area contributed by atoms with Crippen LogP contribution in [0.15, 0.2) is 40.9 Å². The van der Waals surface area contributed by atoms with Crippen molar-refractivity contribution < 1.29 is 47.4 Å². The Morgan fingerprint density at radius 3 is 2.47 bits per heavy atom. The average Bonchev–Trinajstić information content (AvgIpc) is 3.83. The quantitative estimate of drug-likeness (QED) is 0.0290. The molecule has 0 fully saturated rings. The van der Waals surface area contributed by atoms with E-state index in [0.717, 1.165) is 45.4 Å². The molecule has 2 aromatic heterocycles. The first kappa shape index (κ1) is 49.7. The van der Waals surface area contributed by atoms with Crippen LogP contribution in [0.1, 0.15) is 84.9 Å². The maximum absolute atomic E-state index is 15.4. The van der Waals surface area contributed by atoms with Crippen LogP contribution in [0.5, 0.6) is 0 Å². The van der Waals surface area contributed by atoms with E-state index in [-0.39, 0.29) is 51.0 Å². The summed E-state index contributed by atoms with van der Waals surface area (Å²) in [4.78, 5) is 109. The molecule has 3 aromatic rings. The fourth-order valence-corrected chi connectivity index (χ4v) is 9.79. The summed E-state index contributed by atoms with van der Waals surface area (Å²) in [5, 5.41) is 11.8. The van der Waals surface area contributed by atoms with E-state index in [1.807, 2.05) is 26.0 Å². The number of aromatic nitrogens is 2. The topological polar surface area (TPSA) is 227 Å². The number of hydrogen-bond acceptors (Lipinski definition) is 12. The first-order valence-corrected chi connectivity index (χ1v) is 24.6. The predicted molar refractivity (Wildman–Crippen MR) is 240 cm³/mol. The van der Waals surface area contributed by atoms with E-state index in [1.54, 1.807) is 23.4 Å². The van der Waals surface area contributed by atoms with Crippen LogP contribution < -0.4 is 26.8 Å². The number of fused-ring (bicyclic) bond motifs is 4. The number of benzene rings is 1. The molecule has 3 unspecified atom stereocenters. The Morgan fingerprint density at radius 2 is 1.80 bits per heavy atom. The molecule has 6 amide bonds. The molecule has 2 aliphatic heterocycles. The number of hydrogen-bond donors (Lipinski definition) is 4. The number of carbonyl (C=O) groups excluding carboxylic acids is 7. The first-order valence-electron chi connectivity index (χ1n) is 21.8. The van der Waals surface area contributed by atoms with Crippen molar-refractivity contribution in [2.75, 3.05) is 47.1 Å². The van der Waals surface area contributed by atoms with Gasteiger partial charge in [-0.05, 0) is 54.5 Å². The van der Waals surface area contributed by atoms with Crippen LogP contribution in [0.25, 0.3) is 22.3 Å². The minimum atomic E-state index is -0.637. The smallest absolute Gasteiger partial charge is 0.380 e. The summed E-state index contributed by atoms with van der Waals surface area (Å²) in [5.74, 6) is -3.87. The van der Waals surface area contributed by atoms with Crippen LogP contribution in [0.2, 0.25) is 3.98 Å². The molecule has 0 bridgehead atoms. The molecular weight excluding hydrogens is 1050 g/mol. The summed E-state index contributed by atoms with van der Waals surface area (Å²) in [6, 6.07) is 2.07. The van der Waals surface area contributed by atoms with Crippen LogP contribution >= 0.6 is 0 Å². The van der Waals surface area contributed by atoms with Crippen LogP contribution in [0.3, 0.4) is 0 Å². The van der Waals surface area contributed by atoms with Crippen molar-refractivity contribution >= 4 is 78.4 Å². The van der Waals surface area contributed by atoms with Gasteiger partial charge in [0.05, 0.1) is 36.1 Å². The third-order valence-electron chi connectivity index (χ3n) is 12.2. The fourth-order valence-electron chi connectivity index (χ4n) is 8.67. The Kier molecular flexibility index (Phi) is 16.7. The van der Waals surface area contributed by atoms with E-state index < -0.39 is 59.9 Å². The van der Waals surface area contributed by atoms with Crippen LogP contribution in [0.4, 0.5) is 4.39 Å². The number of rotatable bonds is 22. The molecule has 3 atom stereocenters. The number of halogens is 1. The van der Waals surface area contributed by atoms with Crippen molar-refractivity contribution in [1.29, 1.82) is 0 Å². The van der Waals surface area contributed by atoms with Gasteiger partial charge in [-0.1, -0.05) is 6.92 Å². The minimum Gasteiger partial charge on any atom is -0.380 e. The molecule has 0 saturated carbocycles. The van der Waals surface area contributed by atoms with Gasteiger partial charge in [-0.25, -0.2) is 9.37 Å². The van der Waals surface area contributed by atoms with Crippen LogP contribution in [0, 0.1) is 12.7 Å². The first-order chi connectivity index (χ1) is 31.7. The summed E-state index contributed by atoms with van der Waals surface area (Å²) < 4.78 is 28.5. The molecular formula is C46H54FN8O10Pb. The van der Waals surface area contributed by atoms with E-state index in [1.165, 1.54) is 13.2 Å². The summed E-state index contributed by atoms with van der Waals surface area (Å²) >= 11 is 0.666. The van der Waals surface area contributed by atoms with Gasteiger partial charge in [0.1, 0.15) is 12.1 Å². The number of pyridine rings is 2. The Balaban J connectivity index is 1.05. The van der Waals surface area contributed by atoms with Gasteiger partial charge >= 0.3 is 212 Å². The number of nitrogens with one attached hydrogen (secondary N) is 4. The van der Waals surface area contributed by atoms with Gasteiger partial charge < -0.3 is 14.1 Å². The van der Waals surface area contributed by atoms with Gasteiger partial charge in [0.15, 0.2) is 0 Å². The molecule has 6 rings (SSSR count). The van der Waals surface area contributed by atoms with Crippen LogP contribution in [-0.4, -0.2) is 140 Å².